The fourth-order valence-electron chi connectivity index (χ4n) is 2.04. The molecule has 0 bridgehead atoms. The highest BCUT2D eigenvalue weighted by Gasteiger charge is 2.35. The van der Waals surface area contributed by atoms with E-state index in [1.807, 2.05) is 0 Å². The van der Waals surface area contributed by atoms with Gasteiger partial charge in [0.1, 0.15) is 29.5 Å². The first-order valence-electron chi connectivity index (χ1n) is 6.49. The van der Waals surface area contributed by atoms with E-state index in [2.05, 4.69) is 0 Å². The van der Waals surface area contributed by atoms with Gasteiger partial charge in [-0.3, -0.25) is 0 Å². The van der Waals surface area contributed by atoms with Crippen LogP contribution in [0.4, 0.5) is 23.2 Å². The number of phenolic OH excluding ortho intramolecular Hbond substituents is 1. The van der Waals surface area contributed by atoms with Gasteiger partial charge in [-0.25, -0.2) is 10.2 Å². The molecule has 0 spiro atoms. The summed E-state index contributed by atoms with van der Waals surface area (Å²) >= 11 is 0. The smallest absolute Gasteiger partial charge is 0.420 e. The molecule has 2 rings (SSSR count). The Labute approximate surface area is 129 Å². The maximum atomic E-state index is 13.9. The van der Waals surface area contributed by atoms with Gasteiger partial charge in [0.05, 0.1) is 5.69 Å². The highest BCUT2D eigenvalue weighted by molar-refractivity contribution is 5.52. The molecule has 124 valence electrons. The minimum absolute atomic E-state index is 0.0266. The molecule has 3 N–H and O–H groups in total. The summed E-state index contributed by atoms with van der Waals surface area (Å²) in [5.74, 6) is 3.87. The molecule has 0 aliphatic heterocycles. The summed E-state index contributed by atoms with van der Waals surface area (Å²) in [6.45, 7) is -0.447. The Morgan fingerprint density at radius 3 is 2.52 bits per heavy atom. The molecular formula is C15H14F4N2O2. The van der Waals surface area contributed by atoms with Gasteiger partial charge < -0.3 is 14.9 Å². The number of nitrogens with two attached hydrogens (primary N) is 1. The lowest BCUT2D eigenvalue weighted by atomic mass is 10.1. The van der Waals surface area contributed by atoms with Crippen molar-refractivity contribution < 1.29 is 27.4 Å². The number of benzene rings is 2. The van der Waals surface area contributed by atoms with Crippen molar-refractivity contribution in [3.05, 3.63) is 53.3 Å². The summed E-state index contributed by atoms with van der Waals surface area (Å²) in [6.07, 6.45) is -4.71. The topological polar surface area (TPSA) is 58.7 Å². The summed E-state index contributed by atoms with van der Waals surface area (Å²) in [6, 6.07) is 6.69. The first-order valence-corrected chi connectivity index (χ1v) is 6.49. The van der Waals surface area contributed by atoms with Gasteiger partial charge in [-0.1, -0.05) is 6.07 Å². The summed E-state index contributed by atoms with van der Waals surface area (Å²) in [5, 5.41) is 10.4. The predicted molar refractivity (Wildman–Crippen MR) is 76.4 cm³/mol. The summed E-state index contributed by atoms with van der Waals surface area (Å²) in [5.41, 5.74) is -0.826. The summed E-state index contributed by atoms with van der Waals surface area (Å²) in [7, 11) is 1.47. The van der Waals surface area contributed by atoms with Gasteiger partial charge in [0.2, 0.25) is 0 Å². The highest BCUT2D eigenvalue weighted by Crippen LogP contribution is 2.38. The third-order valence-corrected chi connectivity index (χ3v) is 3.11. The van der Waals surface area contributed by atoms with E-state index in [0.717, 1.165) is 23.2 Å². The average Bonchev–Trinajstić information content (AvgIpc) is 2.45. The number of rotatable bonds is 4. The SMILES string of the molecule is CN(N)c1cccc(F)c1COc1ccc(O)cc1C(F)(F)F. The van der Waals surface area contributed by atoms with E-state index in [1.165, 1.54) is 19.2 Å². The largest absolute Gasteiger partial charge is 0.508 e. The molecule has 8 heteroatoms. The van der Waals surface area contributed by atoms with E-state index in [-0.39, 0.29) is 11.3 Å². The van der Waals surface area contributed by atoms with Gasteiger partial charge in [-0.15, -0.1) is 0 Å². The average molecular weight is 330 g/mol. The maximum Gasteiger partial charge on any atom is 0.420 e. The molecule has 2 aromatic carbocycles. The van der Waals surface area contributed by atoms with E-state index >= 15 is 0 Å². The first-order chi connectivity index (χ1) is 10.7. The Hall–Kier alpha value is -2.48. The zero-order valence-corrected chi connectivity index (χ0v) is 12.1. The van der Waals surface area contributed by atoms with Crippen molar-refractivity contribution in [3.8, 4) is 11.5 Å². The van der Waals surface area contributed by atoms with Gasteiger partial charge >= 0.3 is 6.18 Å². The van der Waals surface area contributed by atoms with Crippen LogP contribution in [-0.4, -0.2) is 12.2 Å². The van der Waals surface area contributed by atoms with Crippen molar-refractivity contribution >= 4 is 5.69 Å². The number of hydrogen-bond donors (Lipinski definition) is 2. The Bertz CT molecular complexity index is 702. The number of hydrogen-bond acceptors (Lipinski definition) is 4. The van der Waals surface area contributed by atoms with Crippen LogP contribution in [0.15, 0.2) is 36.4 Å². The zero-order valence-electron chi connectivity index (χ0n) is 12.1. The molecule has 23 heavy (non-hydrogen) atoms. The van der Waals surface area contributed by atoms with E-state index in [1.54, 1.807) is 0 Å². The molecule has 0 aliphatic rings. The number of nitrogens with zero attached hydrogens (tertiary/aromatic N) is 1. The monoisotopic (exact) mass is 330 g/mol. The second-order valence-corrected chi connectivity index (χ2v) is 4.82. The maximum absolute atomic E-state index is 13.9. The molecule has 0 unspecified atom stereocenters. The van der Waals surface area contributed by atoms with Gasteiger partial charge in [0.15, 0.2) is 0 Å². The van der Waals surface area contributed by atoms with Gasteiger partial charge in [0, 0.05) is 12.6 Å². The minimum Gasteiger partial charge on any atom is -0.508 e. The molecule has 0 amide bonds. The van der Waals surface area contributed by atoms with Crippen LogP contribution in [0.2, 0.25) is 0 Å². The molecule has 0 saturated carbocycles. The van der Waals surface area contributed by atoms with Crippen molar-refractivity contribution in [2.24, 2.45) is 5.84 Å². The van der Waals surface area contributed by atoms with Crippen LogP contribution in [0, 0.1) is 5.82 Å². The third-order valence-electron chi connectivity index (χ3n) is 3.11. The molecular weight excluding hydrogens is 316 g/mol. The van der Waals surface area contributed by atoms with Crippen molar-refractivity contribution in [1.82, 2.24) is 0 Å². The van der Waals surface area contributed by atoms with E-state index in [4.69, 9.17) is 10.6 Å². The Balaban J connectivity index is 2.33. The molecule has 2 aromatic rings. The number of halogens is 4. The van der Waals surface area contributed by atoms with Crippen LogP contribution < -0.4 is 15.6 Å². The van der Waals surface area contributed by atoms with Crippen LogP contribution >= 0.6 is 0 Å². The van der Waals surface area contributed by atoms with Crippen LogP contribution in [0.1, 0.15) is 11.1 Å². The molecule has 0 saturated heterocycles. The fraction of sp³-hybridized carbons (Fsp3) is 0.200. The molecule has 4 nitrogen and oxygen atoms in total. The van der Waals surface area contributed by atoms with Crippen molar-refractivity contribution in [2.45, 2.75) is 12.8 Å². The van der Waals surface area contributed by atoms with Crippen LogP contribution in [0.5, 0.6) is 11.5 Å². The zero-order chi connectivity index (χ0) is 17.2. The van der Waals surface area contributed by atoms with E-state index in [0.29, 0.717) is 6.07 Å². The molecule has 0 fully saturated rings. The van der Waals surface area contributed by atoms with Gasteiger partial charge in [0.25, 0.3) is 0 Å². The van der Waals surface area contributed by atoms with Crippen molar-refractivity contribution in [3.63, 3.8) is 0 Å². The number of ether oxygens (including phenoxy) is 1. The number of alkyl halides is 3. The van der Waals surface area contributed by atoms with Crippen molar-refractivity contribution in [1.29, 1.82) is 0 Å². The number of aromatic hydroxyl groups is 1. The molecule has 0 radical (unpaired) electrons. The molecule has 0 heterocycles. The standard InChI is InChI=1S/C15H14F4N2O2/c1-21(20)13-4-2-3-12(16)10(13)8-23-14-6-5-9(22)7-11(14)15(17,18)19/h2-7,22H,8,20H2,1H3. The molecule has 0 atom stereocenters. The summed E-state index contributed by atoms with van der Waals surface area (Å²) in [4.78, 5) is 0. The Morgan fingerprint density at radius 2 is 1.91 bits per heavy atom. The lowest BCUT2D eigenvalue weighted by molar-refractivity contribution is -0.139. The van der Waals surface area contributed by atoms with E-state index < -0.39 is 35.7 Å². The van der Waals surface area contributed by atoms with Gasteiger partial charge in [-0.2, -0.15) is 13.2 Å². The lowest BCUT2D eigenvalue weighted by Crippen LogP contribution is -2.27. The quantitative estimate of drug-likeness (QED) is 0.512. The van der Waals surface area contributed by atoms with E-state index in [9.17, 15) is 22.7 Å². The predicted octanol–water partition coefficient (Wildman–Crippen LogP) is 3.44. The van der Waals surface area contributed by atoms with Crippen LogP contribution in [-0.2, 0) is 12.8 Å². The number of phenols is 1. The first kappa shape index (κ1) is 16.9. The molecule has 0 aromatic heterocycles. The van der Waals surface area contributed by atoms with Crippen LogP contribution in [0.25, 0.3) is 0 Å². The van der Waals surface area contributed by atoms with Crippen LogP contribution in [0.3, 0.4) is 0 Å². The minimum atomic E-state index is -4.71. The van der Waals surface area contributed by atoms with Crippen molar-refractivity contribution in [2.75, 3.05) is 12.1 Å². The highest BCUT2D eigenvalue weighted by atomic mass is 19.4. The normalized spacial score (nSPS) is 11.4. The Morgan fingerprint density at radius 1 is 1.22 bits per heavy atom. The van der Waals surface area contributed by atoms with Gasteiger partial charge in [-0.05, 0) is 30.3 Å². The Kier molecular flexibility index (Phi) is 4.65. The summed E-state index contributed by atoms with van der Waals surface area (Å²) < 4.78 is 57.9. The number of hydrazine groups is 1. The fourth-order valence-corrected chi connectivity index (χ4v) is 2.04. The third kappa shape index (κ3) is 3.84. The number of anilines is 1. The lowest BCUT2D eigenvalue weighted by Gasteiger charge is -2.19. The second kappa shape index (κ2) is 6.33. The molecule has 0 aliphatic carbocycles. The second-order valence-electron chi connectivity index (χ2n) is 4.82.